The lowest BCUT2D eigenvalue weighted by Crippen LogP contribution is -2.24. The summed E-state index contributed by atoms with van der Waals surface area (Å²) in [5.74, 6) is 1.25. The summed E-state index contributed by atoms with van der Waals surface area (Å²) < 4.78 is 25.4. The van der Waals surface area contributed by atoms with Gasteiger partial charge < -0.3 is 14.0 Å². The Labute approximate surface area is 170 Å². The van der Waals surface area contributed by atoms with Crippen LogP contribution in [0.2, 0.25) is 0 Å². The lowest BCUT2D eigenvalue weighted by Gasteiger charge is -2.32. The number of unbranched alkanes of at least 4 members (excludes halogenated alkanes) is 1. The van der Waals surface area contributed by atoms with Crippen molar-refractivity contribution in [1.82, 2.24) is 0 Å². The molecule has 0 aromatic heterocycles. The van der Waals surface area contributed by atoms with Crippen molar-refractivity contribution < 1.29 is 18.8 Å². The topological polar surface area (TPSA) is 52.6 Å². The zero-order valence-corrected chi connectivity index (χ0v) is 18.9. The number of rotatable bonds is 11. The van der Waals surface area contributed by atoms with Crippen LogP contribution in [0.4, 0.5) is 0 Å². The molecule has 0 spiro atoms. The van der Waals surface area contributed by atoms with E-state index < -0.39 is 7.14 Å². The van der Waals surface area contributed by atoms with Crippen molar-refractivity contribution in [2.24, 2.45) is 5.92 Å². The fraction of sp³-hybridized carbons (Fsp3) is 0.696. The summed E-state index contributed by atoms with van der Waals surface area (Å²) >= 11 is 0. The molecule has 0 N–H and O–H groups in total. The first-order valence-electron chi connectivity index (χ1n) is 10.9. The van der Waals surface area contributed by atoms with Crippen LogP contribution >= 0.6 is 7.14 Å². The van der Waals surface area contributed by atoms with Gasteiger partial charge in [0.05, 0.1) is 14.2 Å². The van der Waals surface area contributed by atoms with Crippen LogP contribution in [0.3, 0.4) is 0 Å². The second-order valence-electron chi connectivity index (χ2n) is 8.03. The van der Waals surface area contributed by atoms with E-state index in [-0.39, 0.29) is 11.2 Å². The van der Waals surface area contributed by atoms with Gasteiger partial charge in [0.2, 0.25) is 5.52 Å². The number of carbonyl (C=O) groups is 1. The third-order valence-electron chi connectivity index (χ3n) is 6.22. The van der Waals surface area contributed by atoms with Gasteiger partial charge in [0.1, 0.15) is 17.1 Å². The third-order valence-corrected chi connectivity index (χ3v) is 9.89. The molecule has 0 amide bonds. The minimum atomic E-state index is -3.10. The van der Waals surface area contributed by atoms with Crippen LogP contribution in [-0.2, 0) is 4.57 Å². The predicted octanol–water partition coefficient (Wildman–Crippen LogP) is 6.76. The largest absolute Gasteiger partial charge is 0.496 e. The first-order chi connectivity index (χ1) is 13.5. The van der Waals surface area contributed by atoms with Crippen LogP contribution in [0.1, 0.15) is 82.0 Å². The van der Waals surface area contributed by atoms with E-state index in [1.54, 1.807) is 32.4 Å². The van der Waals surface area contributed by atoms with Crippen molar-refractivity contribution in [3.63, 3.8) is 0 Å². The van der Waals surface area contributed by atoms with E-state index in [0.29, 0.717) is 29.1 Å². The highest BCUT2D eigenvalue weighted by molar-refractivity contribution is 7.81. The molecule has 2 unspecified atom stereocenters. The summed E-state index contributed by atoms with van der Waals surface area (Å²) in [5.41, 5.74) is 0.134. The molecule has 28 heavy (non-hydrogen) atoms. The average Bonchev–Trinajstić information content (AvgIpc) is 2.75. The van der Waals surface area contributed by atoms with Crippen LogP contribution in [0.15, 0.2) is 18.2 Å². The maximum Gasteiger partial charge on any atom is 0.229 e. The van der Waals surface area contributed by atoms with Crippen LogP contribution in [0.5, 0.6) is 11.5 Å². The maximum absolute atomic E-state index is 14.5. The predicted molar refractivity (Wildman–Crippen MR) is 117 cm³/mol. The molecule has 4 nitrogen and oxygen atoms in total. The number of methoxy groups -OCH3 is 2. The van der Waals surface area contributed by atoms with Gasteiger partial charge in [-0.15, -0.1) is 0 Å². The van der Waals surface area contributed by atoms with Crippen LogP contribution < -0.4 is 9.47 Å². The quantitative estimate of drug-likeness (QED) is 0.380. The number of carbonyl (C=O) groups excluding carboxylic acids is 1. The molecule has 5 heteroatoms. The van der Waals surface area contributed by atoms with Crippen molar-refractivity contribution in [2.45, 2.75) is 77.3 Å². The smallest absolute Gasteiger partial charge is 0.229 e. The Balaban J connectivity index is 2.46. The van der Waals surface area contributed by atoms with Gasteiger partial charge in [-0.3, -0.25) is 4.79 Å². The van der Waals surface area contributed by atoms with Crippen LogP contribution in [-0.4, -0.2) is 31.6 Å². The molecule has 0 saturated heterocycles. The third kappa shape index (κ3) is 5.20. The van der Waals surface area contributed by atoms with Gasteiger partial charge in [0, 0.05) is 11.8 Å². The molecular formula is C23H37O4P. The van der Waals surface area contributed by atoms with Crippen molar-refractivity contribution in [3.05, 3.63) is 23.8 Å². The molecule has 1 aliphatic carbocycles. The van der Waals surface area contributed by atoms with Crippen LogP contribution in [0.25, 0.3) is 0 Å². The second kappa shape index (κ2) is 11.0. The molecule has 2 atom stereocenters. The SMILES string of the molecule is CCCCC(CC)CP(=O)(C(=O)c1c(OC)cccc1OC)C1CCCCC1. The Morgan fingerprint density at radius 1 is 1.11 bits per heavy atom. The molecule has 0 heterocycles. The monoisotopic (exact) mass is 408 g/mol. The number of benzene rings is 1. The zero-order valence-electron chi connectivity index (χ0n) is 18.0. The molecule has 1 aromatic carbocycles. The highest BCUT2D eigenvalue weighted by Gasteiger charge is 2.44. The molecule has 1 fully saturated rings. The molecule has 0 bridgehead atoms. The highest BCUT2D eigenvalue weighted by Crippen LogP contribution is 2.61. The number of ether oxygens (including phenoxy) is 2. The van der Waals surface area contributed by atoms with Crippen molar-refractivity contribution in [1.29, 1.82) is 0 Å². The highest BCUT2D eigenvalue weighted by atomic mass is 31.2. The Morgan fingerprint density at radius 2 is 1.71 bits per heavy atom. The first-order valence-corrected chi connectivity index (χ1v) is 12.8. The summed E-state index contributed by atoms with van der Waals surface area (Å²) in [7, 11) is -0.00211. The van der Waals surface area contributed by atoms with E-state index in [0.717, 1.165) is 51.4 Å². The van der Waals surface area contributed by atoms with Gasteiger partial charge in [-0.25, -0.2) is 0 Å². The summed E-state index contributed by atoms with van der Waals surface area (Å²) in [6, 6.07) is 5.32. The Morgan fingerprint density at radius 3 is 2.21 bits per heavy atom. The van der Waals surface area contributed by atoms with E-state index in [4.69, 9.17) is 9.47 Å². The summed E-state index contributed by atoms with van der Waals surface area (Å²) in [4.78, 5) is 13.8. The normalized spacial score (nSPS) is 18.3. The van der Waals surface area contributed by atoms with Crippen LogP contribution in [0, 0.1) is 5.92 Å². The zero-order chi connectivity index (χ0) is 20.6. The van der Waals surface area contributed by atoms with Crippen molar-refractivity contribution in [2.75, 3.05) is 20.4 Å². The average molecular weight is 409 g/mol. The Kier molecular flexibility index (Phi) is 9.08. The van der Waals surface area contributed by atoms with Gasteiger partial charge in [-0.1, -0.05) is 64.9 Å². The van der Waals surface area contributed by atoms with Gasteiger partial charge in [-0.2, -0.15) is 0 Å². The van der Waals surface area contributed by atoms with Gasteiger partial charge in [0.25, 0.3) is 0 Å². The van der Waals surface area contributed by atoms with E-state index in [2.05, 4.69) is 13.8 Å². The Bertz CT molecular complexity index is 657. The molecule has 1 aromatic rings. The van der Waals surface area contributed by atoms with Gasteiger partial charge in [-0.05, 0) is 30.9 Å². The standard InChI is InChI=1S/C23H37O4P/c1-5-7-12-18(6-2)17-28(25,19-13-9-8-10-14-19)23(24)22-20(26-3)15-11-16-21(22)27-4/h11,15-16,18-19H,5-10,12-14,17H2,1-4H3. The fourth-order valence-electron chi connectivity index (χ4n) is 4.45. The molecule has 1 saturated carbocycles. The minimum absolute atomic E-state index is 0.000884. The van der Waals surface area contributed by atoms with E-state index >= 15 is 0 Å². The van der Waals surface area contributed by atoms with E-state index in [1.807, 2.05) is 0 Å². The summed E-state index contributed by atoms with van der Waals surface area (Å²) in [6.45, 7) is 4.33. The van der Waals surface area contributed by atoms with E-state index in [9.17, 15) is 9.36 Å². The number of hydrogen-bond acceptors (Lipinski definition) is 4. The number of hydrogen-bond donors (Lipinski definition) is 0. The minimum Gasteiger partial charge on any atom is -0.496 e. The van der Waals surface area contributed by atoms with Crippen molar-refractivity contribution in [3.8, 4) is 11.5 Å². The van der Waals surface area contributed by atoms with Gasteiger partial charge >= 0.3 is 0 Å². The summed E-state index contributed by atoms with van der Waals surface area (Å²) in [5, 5.41) is 0. The molecule has 1 aliphatic rings. The molecule has 158 valence electrons. The molecule has 0 radical (unpaired) electrons. The lowest BCUT2D eigenvalue weighted by molar-refractivity contribution is 0.106. The molecule has 0 aliphatic heterocycles. The lowest BCUT2D eigenvalue weighted by atomic mass is 10.0. The maximum atomic E-state index is 14.5. The second-order valence-corrected chi connectivity index (χ2v) is 11.1. The van der Waals surface area contributed by atoms with Crippen molar-refractivity contribution >= 4 is 12.7 Å². The Hall–Kier alpha value is -1.28. The van der Waals surface area contributed by atoms with Gasteiger partial charge in [0.15, 0.2) is 7.14 Å². The summed E-state index contributed by atoms with van der Waals surface area (Å²) in [6.07, 6.45) is 9.87. The first kappa shape index (κ1) is 23.0. The van der Waals surface area contributed by atoms with E-state index in [1.165, 1.54) is 6.42 Å². The molecular weight excluding hydrogens is 371 g/mol. The molecule has 2 rings (SSSR count). The fourth-order valence-corrected chi connectivity index (χ4v) is 8.25.